The third kappa shape index (κ3) is 2.01. The Hall–Kier alpha value is -1.78. The predicted octanol–water partition coefficient (Wildman–Crippen LogP) is 1.56. The number of aromatic amines is 1. The number of tetrazole rings is 1. The molecule has 0 saturated carbocycles. The van der Waals surface area contributed by atoms with E-state index in [1.807, 2.05) is 18.3 Å². The molecule has 0 amide bonds. The van der Waals surface area contributed by atoms with E-state index in [4.69, 9.17) is 0 Å². The molecule has 1 N–H and O–H groups in total. The lowest BCUT2D eigenvalue weighted by molar-refractivity contribution is 0.587. The van der Waals surface area contributed by atoms with Crippen LogP contribution in [-0.4, -0.2) is 25.6 Å². The second kappa shape index (κ2) is 3.42. The number of H-pyrrole nitrogens is 1. The van der Waals surface area contributed by atoms with E-state index in [1.165, 1.54) is 5.56 Å². The molecule has 0 unspecified atom stereocenters. The summed E-state index contributed by atoms with van der Waals surface area (Å²) >= 11 is 0. The molecule has 0 aliphatic heterocycles. The van der Waals surface area contributed by atoms with Gasteiger partial charge in [0.05, 0.1) is 0 Å². The van der Waals surface area contributed by atoms with Gasteiger partial charge in [-0.1, -0.05) is 26.8 Å². The topological polar surface area (TPSA) is 67.3 Å². The molecule has 78 valence electrons. The summed E-state index contributed by atoms with van der Waals surface area (Å²) < 4.78 is 0. The first-order valence-corrected chi connectivity index (χ1v) is 4.78. The molecule has 0 saturated heterocycles. The molecule has 5 heteroatoms. The summed E-state index contributed by atoms with van der Waals surface area (Å²) in [5, 5.41) is 13.5. The lowest BCUT2D eigenvalue weighted by Gasteiger charge is -2.18. The molecule has 0 bridgehead atoms. The van der Waals surface area contributed by atoms with Gasteiger partial charge in [-0.3, -0.25) is 4.98 Å². The predicted molar refractivity (Wildman–Crippen MR) is 56.1 cm³/mol. The highest BCUT2D eigenvalue weighted by molar-refractivity contribution is 5.47. The van der Waals surface area contributed by atoms with E-state index < -0.39 is 0 Å². The van der Waals surface area contributed by atoms with Gasteiger partial charge >= 0.3 is 0 Å². The van der Waals surface area contributed by atoms with Gasteiger partial charge in [-0.15, -0.1) is 5.10 Å². The molecule has 0 aromatic carbocycles. The van der Waals surface area contributed by atoms with Crippen LogP contribution in [0, 0.1) is 0 Å². The molecule has 5 nitrogen and oxygen atoms in total. The van der Waals surface area contributed by atoms with Crippen molar-refractivity contribution in [3.8, 4) is 11.5 Å². The van der Waals surface area contributed by atoms with Gasteiger partial charge in [-0.25, -0.2) is 5.10 Å². The molecule has 2 aromatic heterocycles. The highest BCUT2D eigenvalue weighted by atomic mass is 15.5. The lowest BCUT2D eigenvalue weighted by Crippen LogP contribution is -2.11. The fourth-order valence-electron chi connectivity index (χ4n) is 1.25. The summed E-state index contributed by atoms with van der Waals surface area (Å²) in [5.41, 5.74) is 2.07. The van der Waals surface area contributed by atoms with Crippen LogP contribution in [0.1, 0.15) is 26.3 Å². The van der Waals surface area contributed by atoms with E-state index in [1.54, 1.807) is 0 Å². The van der Waals surface area contributed by atoms with E-state index in [0.29, 0.717) is 5.82 Å². The standard InChI is InChI=1S/C10H13N5/c1-10(2,3)7-4-5-8(11-6-7)9-12-14-15-13-9/h4-6H,1-3H3,(H,12,13,14,15). The first kappa shape index (κ1) is 9.76. The summed E-state index contributed by atoms with van der Waals surface area (Å²) in [7, 11) is 0. The Kier molecular flexibility index (Phi) is 2.22. The maximum absolute atomic E-state index is 4.31. The Morgan fingerprint density at radius 3 is 2.47 bits per heavy atom. The zero-order valence-electron chi connectivity index (χ0n) is 9.02. The first-order valence-electron chi connectivity index (χ1n) is 4.78. The second-order valence-corrected chi connectivity index (χ2v) is 4.43. The fraction of sp³-hybridized carbons (Fsp3) is 0.400. The third-order valence-corrected chi connectivity index (χ3v) is 2.22. The molecule has 2 aromatic rings. The number of aromatic nitrogens is 5. The lowest BCUT2D eigenvalue weighted by atomic mass is 9.88. The summed E-state index contributed by atoms with van der Waals surface area (Å²) in [6.07, 6.45) is 1.86. The number of pyridine rings is 1. The van der Waals surface area contributed by atoms with Crippen molar-refractivity contribution in [3.63, 3.8) is 0 Å². The molecule has 0 spiro atoms. The minimum absolute atomic E-state index is 0.116. The highest BCUT2D eigenvalue weighted by Gasteiger charge is 2.14. The fourth-order valence-corrected chi connectivity index (χ4v) is 1.25. The maximum Gasteiger partial charge on any atom is 0.198 e. The molecule has 2 rings (SSSR count). The van der Waals surface area contributed by atoms with Gasteiger partial charge in [-0.05, 0) is 27.5 Å². The molecule has 0 fully saturated rings. The van der Waals surface area contributed by atoms with E-state index >= 15 is 0 Å². The Morgan fingerprint density at radius 2 is 2.00 bits per heavy atom. The smallest absolute Gasteiger partial charge is 0.198 e. The minimum Gasteiger partial charge on any atom is -0.253 e. The Balaban J connectivity index is 2.33. The van der Waals surface area contributed by atoms with Crippen LogP contribution < -0.4 is 0 Å². The van der Waals surface area contributed by atoms with Crippen molar-refractivity contribution >= 4 is 0 Å². The van der Waals surface area contributed by atoms with Crippen LogP contribution in [0.15, 0.2) is 18.3 Å². The molecule has 0 radical (unpaired) electrons. The monoisotopic (exact) mass is 203 g/mol. The third-order valence-electron chi connectivity index (χ3n) is 2.22. The van der Waals surface area contributed by atoms with Crippen LogP contribution in [0.2, 0.25) is 0 Å². The number of nitrogens with zero attached hydrogens (tertiary/aromatic N) is 4. The van der Waals surface area contributed by atoms with E-state index in [2.05, 4.69) is 46.4 Å². The molecule has 0 aliphatic rings. The van der Waals surface area contributed by atoms with Crippen molar-refractivity contribution in [1.29, 1.82) is 0 Å². The summed E-state index contributed by atoms with van der Waals surface area (Å²) in [5.74, 6) is 0.593. The highest BCUT2D eigenvalue weighted by Crippen LogP contribution is 2.22. The van der Waals surface area contributed by atoms with Crippen molar-refractivity contribution < 1.29 is 0 Å². The van der Waals surface area contributed by atoms with Crippen molar-refractivity contribution in [2.24, 2.45) is 0 Å². The molecule has 15 heavy (non-hydrogen) atoms. The van der Waals surface area contributed by atoms with Gasteiger partial charge in [0.2, 0.25) is 0 Å². The van der Waals surface area contributed by atoms with Crippen LogP contribution in [0.25, 0.3) is 11.5 Å². The average molecular weight is 203 g/mol. The van der Waals surface area contributed by atoms with Crippen molar-refractivity contribution in [2.45, 2.75) is 26.2 Å². The number of nitrogens with one attached hydrogen (secondary N) is 1. The average Bonchev–Trinajstić information content (AvgIpc) is 2.69. The molecular formula is C10H13N5. The van der Waals surface area contributed by atoms with Gasteiger partial charge in [0.15, 0.2) is 5.82 Å². The van der Waals surface area contributed by atoms with E-state index in [-0.39, 0.29) is 5.41 Å². The van der Waals surface area contributed by atoms with Crippen LogP contribution in [0.3, 0.4) is 0 Å². The van der Waals surface area contributed by atoms with Gasteiger partial charge in [-0.2, -0.15) is 0 Å². The van der Waals surface area contributed by atoms with Crippen LogP contribution in [0.5, 0.6) is 0 Å². The van der Waals surface area contributed by atoms with Crippen molar-refractivity contribution in [3.05, 3.63) is 23.9 Å². The Labute approximate surface area is 87.9 Å². The Morgan fingerprint density at radius 1 is 1.20 bits per heavy atom. The quantitative estimate of drug-likeness (QED) is 0.763. The van der Waals surface area contributed by atoms with Gasteiger partial charge in [0, 0.05) is 6.20 Å². The van der Waals surface area contributed by atoms with Gasteiger partial charge in [0.25, 0.3) is 0 Å². The van der Waals surface area contributed by atoms with E-state index in [9.17, 15) is 0 Å². The molecule has 2 heterocycles. The number of hydrogen-bond acceptors (Lipinski definition) is 4. The van der Waals surface area contributed by atoms with Crippen molar-refractivity contribution in [2.75, 3.05) is 0 Å². The van der Waals surface area contributed by atoms with Crippen LogP contribution in [0.4, 0.5) is 0 Å². The SMILES string of the molecule is CC(C)(C)c1ccc(-c2nnn[nH]2)nc1. The largest absolute Gasteiger partial charge is 0.253 e. The number of rotatable bonds is 1. The Bertz CT molecular complexity index is 424. The maximum atomic E-state index is 4.31. The molecular weight excluding hydrogens is 190 g/mol. The molecule has 0 atom stereocenters. The first-order chi connectivity index (χ1) is 7.07. The zero-order valence-corrected chi connectivity index (χ0v) is 9.02. The van der Waals surface area contributed by atoms with Gasteiger partial charge < -0.3 is 0 Å². The van der Waals surface area contributed by atoms with Crippen molar-refractivity contribution in [1.82, 2.24) is 25.6 Å². The normalized spacial score (nSPS) is 11.7. The number of hydrogen-bond donors (Lipinski definition) is 1. The van der Waals surface area contributed by atoms with Crippen LogP contribution in [-0.2, 0) is 5.41 Å². The zero-order chi connectivity index (χ0) is 10.9. The summed E-state index contributed by atoms with van der Waals surface area (Å²) in [4.78, 5) is 4.31. The summed E-state index contributed by atoms with van der Waals surface area (Å²) in [6, 6.07) is 3.97. The van der Waals surface area contributed by atoms with Gasteiger partial charge in [0.1, 0.15) is 5.69 Å². The molecule has 0 aliphatic carbocycles. The second-order valence-electron chi connectivity index (χ2n) is 4.43. The van der Waals surface area contributed by atoms with Crippen LogP contribution >= 0.6 is 0 Å². The minimum atomic E-state index is 0.116. The summed E-state index contributed by atoms with van der Waals surface area (Å²) in [6.45, 7) is 6.46. The van der Waals surface area contributed by atoms with E-state index in [0.717, 1.165) is 5.69 Å².